The van der Waals surface area contributed by atoms with Crippen LogP contribution in [0.2, 0.25) is 0 Å². The Balaban J connectivity index is 1.12. The molecule has 5 rings (SSSR count). The Kier molecular flexibility index (Phi) is 17.9. The predicted octanol–water partition coefficient (Wildman–Crippen LogP) is 5.72. The van der Waals surface area contributed by atoms with Crippen LogP contribution in [0.1, 0.15) is 63.9 Å². The Bertz CT molecular complexity index is 2260. The Morgan fingerprint density at radius 1 is 0.548 bits per heavy atom. The van der Waals surface area contributed by atoms with Crippen molar-refractivity contribution < 1.29 is 43.0 Å². The summed E-state index contributed by atoms with van der Waals surface area (Å²) in [6, 6.07) is 40.0. The molecule has 0 spiro atoms. The lowest BCUT2D eigenvalue weighted by Gasteiger charge is -2.23. The summed E-state index contributed by atoms with van der Waals surface area (Å²) in [5.74, 6) is -3.12. The van der Waals surface area contributed by atoms with E-state index in [1.807, 2.05) is 97.1 Å². The molecule has 0 unspecified atom stereocenters. The van der Waals surface area contributed by atoms with Gasteiger partial charge in [0, 0.05) is 30.5 Å². The van der Waals surface area contributed by atoms with E-state index in [4.69, 9.17) is 19.9 Å². The minimum atomic E-state index is -1.37. The first kappa shape index (κ1) is 45.5. The van der Waals surface area contributed by atoms with Gasteiger partial charge in [0.05, 0.1) is 6.42 Å². The van der Waals surface area contributed by atoms with Gasteiger partial charge in [-0.15, -0.1) is 0 Å². The number of esters is 2. The number of amides is 4. The van der Waals surface area contributed by atoms with E-state index in [9.17, 15) is 28.8 Å². The fourth-order valence-electron chi connectivity index (χ4n) is 6.01. The molecule has 0 fully saturated rings. The predicted molar refractivity (Wildman–Crippen MR) is 231 cm³/mol. The van der Waals surface area contributed by atoms with E-state index in [2.05, 4.69) is 20.9 Å². The molecule has 2 atom stereocenters. The normalized spacial score (nSPS) is 11.9. The molecule has 5 aromatic rings. The van der Waals surface area contributed by atoms with Gasteiger partial charge in [0.25, 0.3) is 5.91 Å². The van der Waals surface area contributed by atoms with E-state index < -0.39 is 48.4 Å². The SMILES string of the molecule is NC(=NC(=O)OCc1ccccc1)c1ccc(C(=O)NCCCCC(=O)N[C@@H](CC(=O)OCc2ccccc2)C(=O)N[C@@H](Cc2ccccc2)C(=O)OCc2ccccc2)cc1. The summed E-state index contributed by atoms with van der Waals surface area (Å²) in [6.45, 7) is 0.246. The Hall–Kier alpha value is -7.61. The van der Waals surface area contributed by atoms with Gasteiger partial charge in [0.1, 0.15) is 37.7 Å². The van der Waals surface area contributed by atoms with Gasteiger partial charge in [-0.3, -0.25) is 19.2 Å². The number of hydrogen-bond donors (Lipinski definition) is 4. The van der Waals surface area contributed by atoms with Gasteiger partial charge >= 0.3 is 18.0 Å². The fourth-order valence-corrected chi connectivity index (χ4v) is 6.01. The number of carbonyl (C=O) groups is 6. The molecular formula is C48H49N5O9. The maximum Gasteiger partial charge on any atom is 0.435 e. The maximum absolute atomic E-state index is 13.8. The second-order valence-electron chi connectivity index (χ2n) is 14.1. The van der Waals surface area contributed by atoms with E-state index in [1.54, 1.807) is 48.5 Å². The van der Waals surface area contributed by atoms with Crippen molar-refractivity contribution in [2.45, 2.75) is 64.0 Å². The molecule has 5 aromatic carbocycles. The molecule has 5 N–H and O–H groups in total. The summed E-state index contributed by atoms with van der Waals surface area (Å²) in [5, 5.41) is 8.14. The van der Waals surface area contributed by atoms with Crippen LogP contribution in [0, 0.1) is 0 Å². The standard InChI is InChI=1S/C48H49N5O9/c49-44(53-48(59)62-33-37-21-11-4-12-22-37)38-24-26-39(27-25-38)45(56)50-28-14-13-23-42(54)51-40(30-43(55)60-31-35-17-7-2-8-18-35)46(57)52-41(29-34-15-5-1-6-16-34)47(58)61-32-36-19-9-3-10-20-36/h1-12,15-22,24-27,40-41H,13-14,23,28-33H2,(H,50,56)(H,51,54)(H,52,57)(H2,49,53,59)/t40-,41-/m0/s1. The molecule has 14 nitrogen and oxygen atoms in total. The number of nitrogens with one attached hydrogen (secondary N) is 3. The molecule has 320 valence electrons. The highest BCUT2D eigenvalue weighted by Crippen LogP contribution is 2.11. The zero-order valence-corrected chi connectivity index (χ0v) is 34.1. The minimum absolute atomic E-state index is 0.0143. The van der Waals surface area contributed by atoms with Gasteiger partial charge in [-0.1, -0.05) is 133 Å². The lowest BCUT2D eigenvalue weighted by atomic mass is 10.0. The van der Waals surface area contributed by atoms with Gasteiger partial charge < -0.3 is 35.9 Å². The number of unbranched alkanes of at least 4 members (excludes halogenated alkanes) is 1. The Labute approximate surface area is 359 Å². The maximum atomic E-state index is 13.8. The number of nitrogens with zero attached hydrogens (tertiary/aromatic N) is 1. The molecule has 0 aliphatic rings. The van der Waals surface area contributed by atoms with Gasteiger partial charge in [-0.05, 0) is 47.2 Å². The van der Waals surface area contributed by atoms with E-state index in [0.717, 1.165) is 22.3 Å². The molecule has 0 radical (unpaired) electrons. The highest BCUT2D eigenvalue weighted by atomic mass is 16.5. The van der Waals surface area contributed by atoms with Crippen molar-refractivity contribution in [3.63, 3.8) is 0 Å². The molecule has 14 heteroatoms. The summed E-state index contributed by atoms with van der Waals surface area (Å²) < 4.78 is 16.1. The molecule has 0 aliphatic carbocycles. The second kappa shape index (κ2) is 24.5. The number of rotatable bonds is 21. The van der Waals surface area contributed by atoms with Gasteiger partial charge in [0.15, 0.2) is 0 Å². The van der Waals surface area contributed by atoms with Crippen LogP contribution in [0.25, 0.3) is 0 Å². The highest BCUT2D eigenvalue weighted by Gasteiger charge is 2.30. The van der Waals surface area contributed by atoms with Crippen molar-refractivity contribution in [2.75, 3.05) is 6.54 Å². The van der Waals surface area contributed by atoms with Crippen molar-refractivity contribution in [1.82, 2.24) is 16.0 Å². The monoisotopic (exact) mass is 839 g/mol. The quantitative estimate of drug-likeness (QED) is 0.0233. The van der Waals surface area contributed by atoms with Crippen LogP contribution in [0.5, 0.6) is 0 Å². The first-order valence-electron chi connectivity index (χ1n) is 20.1. The van der Waals surface area contributed by atoms with Crippen molar-refractivity contribution >= 4 is 41.6 Å². The van der Waals surface area contributed by atoms with Crippen LogP contribution in [0.3, 0.4) is 0 Å². The number of benzene rings is 5. The summed E-state index contributed by atoms with van der Waals surface area (Å²) in [6.07, 6.45) is -0.494. The van der Waals surface area contributed by atoms with Gasteiger partial charge in [0.2, 0.25) is 11.8 Å². The van der Waals surface area contributed by atoms with Crippen molar-refractivity contribution in [3.05, 3.63) is 179 Å². The molecule has 0 aliphatic heterocycles. The average Bonchev–Trinajstić information content (AvgIpc) is 3.30. The van der Waals surface area contributed by atoms with Crippen LogP contribution < -0.4 is 21.7 Å². The smallest absolute Gasteiger partial charge is 0.435 e. The highest BCUT2D eigenvalue weighted by molar-refractivity contribution is 6.03. The topological polar surface area (TPSA) is 205 Å². The zero-order valence-electron chi connectivity index (χ0n) is 34.1. The van der Waals surface area contributed by atoms with Crippen molar-refractivity contribution in [3.8, 4) is 0 Å². The number of hydrogen-bond acceptors (Lipinski definition) is 9. The summed E-state index contributed by atoms with van der Waals surface area (Å²) in [4.78, 5) is 82.1. The van der Waals surface area contributed by atoms with E-state index in [-0.39, 0.29) is 50.9 Å². The second-order valence-corrected chi connectivity index (χ2v) is 14.1. The zero-order chi connectivity index (χ0) is 43.9. The third-order valence-corrected chi connectivity index (χ3v) is 9.35. The molecule has 62 heavy (non-hydrogen) atoms. The summed E-state index contributed by atoms with van der Waals surface area (Å²) in [5.41, 5.74) is 9.82. The largest absolute Gasteiger partial charge is 0.461 e. The number of nitrogens with two attached hydrogens (primary N) is 1. The lowest BCUT2D eigenvalue weighted by Crippen LogP contribution is -2.53. The van der Waals surface area contributed by atoms with Crippen LogP contribution in [-0.4, -0.2) is 60.2 Å². The van der Waals surface area contributed by atoms with Crippen molar-refractivity contribution in [2.24, 2.45) is 10.7 Å². The lowest BCUT2D eigenvalue weighted by molar-refractivity contribution is -0.150. The summed E-state index contributed by atoms with van der Waals surface area (Å²) in [7, 11) is 0. The molecule has 0 aromatic heterocycles. The average molecular weight is 840 g/mol. The van der Waals surface area contributed by atoms with Crippen LogP contribution >= 0.6 is 0 Å². The van der Waals surface area contributed by atoms with Crippen LogP contribution in [-0.2, 0) is 59.6 Å². The van der Waals surface area contributed by atoms with Gasteiger partial charge in [-0.2, -0.15) is 4.99 Å². The third-order valence-electron chi connectivity index (χ3n) is 9.35. The van der Waals surface area contributed by atoms with E-state index >= 15 is 0 Å². The minimum Gasteiger partial charge on any atom is -0.461 e. The first-order valence-corrected chi connectivity index (χ1v) is 20.1. The molecular weight excluding hydrogens is 791 g/mol. The number of amidine groups is 1. The first-order chi connectivity index (χ1) is 30.1. The molecule has 0 saturated heterocycles. The fraction of sp³-hybridized carbons (Fsp3) is 0.229. The Morgan fingerprint density at radius 2 is 1.05 bits per heavy atom. The summed E-state index contributed by atoms with van der Waals surface area (Å²) >= 11 is 0. The number of ether oxygens (including phenoxy) is 3. The van der Waals surface area contributed by atoms with Crippen LogP contribution in [0.4, 0.5) is 4.79 Å². The van der Waals surface area contributed by atoms with Crippen LogP contribution in [0.15, 0.2) is 151 Å². The van der Waals surface area contributed by atoms with Crippen molar-refractivity contribution in [1.29, 1.82) is 0 Å². The molecule has 0 bridgehead atoms. The third kappa shape index (κ3) is 15.9. The molecule has 0 saturated carbocycles. The van der Waals surface area contributed by atoms with E-state index in [1.165, 1.54) is 0 Å². The molecule has 0 heterocycles. The van der Waals surface area contributed by atoms with Gasteiger partial charge in [-0.25, -0.2) is 9.59 Å². The molecule has 4 amide bonds. The number of carbonyl (C=O) groups excluding carboxylic acids is 6. The Morgan fingerprint density at radius 3 is 1.61 bits per heavy atom. The number of aliphatic imine (C=N–C) groups is 1. The van der Waals surface area contributed by atoms with E-state index in [0.29, 0.717) is 24.0 Å².